The van der Waals surface area contributed by atoms with Gasteiger partial charge in [0, 0.05) is 17.7 Å². The fourth-order valence-corrected chi connectivity index (χ4v) is 2.60. The number of hydrogen-bond acceptors (Lipinski definition) is 5. The fourth-order valence-electron chi connectivity index (χ4n) is 2.60. The lowest BCUT2D eigenvalue weighted by Crippen LogP contribution is -2.31. The molecule has 0 heterocycles. The van der Waals surface area contributed by atoms with Gasteiger partial charge in [0.1, 0.15) is 26.0 Å². The van der Waals surface area contributed by atoms with Gasteiger partial charge in [0.25, 0.3) is 0 Å². The molecule has 0 spiro atoms. The van der Waals surface area contributed by atoms with Crippen LogP contribution in [0, 0.1) is 5.82 Å². The third-order valence-corrected chi connectivity index (χ3v) is 3.76. The number of likely N-dealkylation sites (N-methyl/N-ethyl adjacent to an activating group) is 1. The van der Waals surface area contributed by atoms with E-state index in [1.165, 1.54) is 18.0 Å². The Balaban J connectivity index is 2.40. The Labute approximate surface area is 144 Å². The van der Waals surface area contributed by atoms with E-state index in [9.17, 15) is 19.1 Å². The number of carbonyl (C=O) groups excluding carboxylic acids is 1. The zero-order chi connectivity index (χ0) is 18.6. The minimum Gasteiger partial charge on any atom is -0.480 e. The maximum Gasteiger partial charge on any atom is 0.325 e. The summed E-state index contributed by atoms with van der Waals surface area (Å²) >= 11 is 0. The summed E-state index contributed by atoms with van der Waals surface area (Å²) in [5.74, 6) is -2.11. The Morgan fingerprint density at radius 2 is 2.08 bits per heavy atom. The molecule has 2 radical (unpaired) electrons. The molecule has 0 bridgehead atoms. The van der Waals surface area contributed by atoms with Crippen molar-refractivity contribution in [3.63, 3.8) is 0 Å². The van der Waals surface area contributed by atoms with Crippen LogP contribution < -0.4 is 10.4 Å². The summed E-state index contributed by atoms with van der Waals surface area (Å²) in [6.07, 6.45) is 0.625. The number of aliphatic carboxylic acids is 1. The molecule has 0 saturated heterocycles. The third-order valence-electron chi connectivity index (χ3n) is 3.76. The zero-order valence-corrected chi connectivity index (χ0v) is 13.3. The van der Waals surface area contributed by atoms with E-state index < -0.39 is 17.8 Å². The molecule has 2 N–H and O–H groups in total. The molecule has 8 heteroatoms. The summed E-state index contributed by atoms with van der Waals surface area (Å²) in [5, 5.41) is 18.5. The molecule has 0 amide bonds. The molecule has 1 unspecified atom stereocenters. The Hall–Kier alpha value is -2.71. The van der Waals surface area contributed by atoms with Crippen LogP contribution in [0.2, 0.25) is 0 Å². The first-order valence-corrected chi connectivity index (χ1v) is 7.25. The van der Waals surface area contributed by atoms with Crippen molar-refractivity contribution < 1.29 is 29.2 Å². The van der Waals surface area contributed by atoms with Crippen molar-refractivity contribution in [2.24, 2.45) is 0 Å². The minimum absolute atomic E-state index is 0.0550. The van der Waals surface area contributed by atoms with Gasteiger partial charge in [-0.25, -0.2) is 9.65 Å². The Kier molecular flexibility index (Phi) is 5.90. The van der Waals surface area contributed by atoms with E-state index in [0.29, 0.717) is 22.9 Å². The first kappa shape index (κ1) is 18.6. The number of hydrogen-bond donors (Lipinski definition) is 2. The lowest BCUT2D eigenvalue weighted by atomic mass is 9.92. The molecule has 0 saturated carbocycles. The van der Waals surface area contributed by atoms with Crippen LogP contribution in [-0.2, 0) is 11.3 Å². The van der Waals surface area contributed by atoms with Crippen molar-refractivity contribution in [2.75, 3.05) is 7.05 Å². The van der Waals surface area contributed by atoms with Crippen molar-refractivity contribution >= 4 is 25.6 Å². The predicted octanol–water partition coefficient (Wildman–Crippen LogP) is 1.54. The average molecular weight is 343 g/mol. The van der Waals surface area contributed by atoms with E-state index >= 15 is 0 Å². The van der Waals surface area contributed by atoms with Crippen LogP contribution in [0.3, 0.4) is 0 Å². The first-order valence-electron chi connectivity index (χ1n) is 7.25. The molecular formula is C17H15BFNO5. The Morgan fingerprint density at radius 1 is 1.36 bits per heavy atom. The number of nitrogens with zero attached hydrogens (tertiary/aromatic N) is 1. The SMILES string of the molecule is [B]c1ccc(CN(C)C(C(=O)O)c2cc(F)ccc2OO)c(C=O)c1. The highest BCUT2D eigenvalue weighted by Crippen LogP contribution is 2.30. The first-order chi connectivity index (χ1) is 11.9. The highest BCUT2D eigenvalue weighted by atomic mass is 19.1. The van der Waals surface area contributed by atoms with Gasteiger partial charge in [0.05, 0.1) is 0 Å². The van der Waals surface area contributed by atoms with Crippen LogP contribution in [0.15, 0.2) is 36.4 Å². The van der Waals surface area contributed by atoms with Crippen molar-refractivity contribution in [1.82, 2.24) is 4.90 Å². The standard InChI is InChI=1S/C17H15BFNO5/c1-20(8-10-2-3-12(18)6-11(10)9-21)16(17(22)23)14-7-13(19)4-5-15(14)25-24/h2-7,9,16,24H,8H2,1H3,(H,22,23). The molecule has 1 atom stereocenters. The molecule has 128 valence electrons. The van der Waals surface area contributed by atoms with Gasteiger partial charge < -0.3 is 9.99 Å². The lowest BCUT2D eigenvalue weighted by Gasteiger charge is -2.26. The average Bonchev–Trinajstić information content (AvgIpc) is 2.56. The monoisotopic (exact) mass is 343 g/mol. The molecule has 0 aliphatic heterocycles. The van der Waals surface area contributed by atoms with Crippen molar-refractivity contribution in [3.8, 4) is 5.75 Å². The van der Waals surface area contributed by atoms with Crippen molar-refractivity contribution in [1.29, 1.82) is 0 Å². The topological polar surface area (TPSA) is 87.1 Å². The minimum atomic E-state index is -1.31. The quantitative estimate of drug-likeness (QED) is 0.343. The maximum atomic E-state index is 13.6. The van der Waals surface area contributed by atoms with Crippen LogP contribution in [0.5, 0.6) is 5.75 Å². The number of carbonyl (C=O) groups is 2. The Bertz CT molecular complexity index is 799. The summed E-state index contributed by atoms with van der Waals surface area (Å²) in [6.45, 7) is 0.0761. The smallest absolute Gasteiger partial charge is 0.325 e. The number of carboxylic acid groups (broad SMARTS) is 1. The van der Waals surface area contributed by atoms with E-state index in [4.69, 9.17) is 13.1 Å². The summed E-state index contributed by atoms with van der Waals surface area (Å²) in [7, 11) is 7.13. The highest BCUT2D eigenvalue weighted by molar-refractivity contribution is 6.32. The molecule has 0 aromatic heterocycles. The zero-order valence-electron chi connectivity index (χ0n) is 13.3. The molecule has 25 heavy (non-hydrogen) atoms. The second-order valence-electron chi connectivity index (χ2n) is 5.51. The number of aldehydes is 1. The Morgan fingerprint density at radius 3 is 2.68 bits per heavy atom. The van der Waals surface area contributed by atoms with Crippen LogP contribution in [0.25, 0.3) is 0 Å². The summed E-state index contributed by atoms with van der Waals surface area (Å²) in [5.41, 5.74) is 1.24. The number of benzene rings is 2. The summed E-state index contributed by atoms with van der Waals surface area (Å²) in [4.78, 5) is 28.5. The van der Waals surface area contributed by atoms with Crippen molar-refractivity contribution in [3.05, 3.63) is 58.9 Å². The number of halogens is 1. The van der Waals surface area contributed by atoms with E-state index in [1.54, 1.807) is 12.1 Å². The second-order valence-corrected chi connectivity index (χ2v) is 5.51. The van der Waals surface area contributed by atoms with E-state index in [-0.39, 0.29) is 17.9 Å². The van der Waals surface area contributed by atoms with Gasteiger partial charge in [0.2, 0.25) is 0 Å². The van der Waals surface area contributed by atoms with Crippen LogP contribution in [0.1, 0.15) is 27.5 Å². The number of rotatable bonds is 7. The molecule has 0 aliphatic carbocycles. The molecular weight excluding hydrogens is 328 g/mol. The van der Waals surface area contributed by atoms with Crippen LogP contribution >= 0.6 is 0 Å². The van der Waals surface area contributed by atoms with Crippen LogP contribution in [0.4, 0.5) is 4.39 Å². The van der Waals surface area contributed by atoms with E-state index in [0.717, 1.165) is 18.2 Å². The molecule has 0 fully saturated rings. The molecule has 0 aliphatic rings. The van der Waals surface area contributed by atoms with Gasteiger partial charge in [-0.15, -0.1) is 0 Å². The van der Waals surface area contributed by atoms with Gasteiger partial charge in [-0.3, -0.25) is 14.5 Å². The fraction of sp³-hybridized carbons (Fsp3) is 0.176. The molecule has 2 rings (SSSR count). The molecule has 6 nitrogen and oxygen atoms in total. The lowest BCUT2D eigenvalue weighted by molar-refractivity contribution is -0.146. The normalized spacial score (nSPS) is 12.0. The molecule has 2 aromatic rings. The van der Waals surface area contributed by atoms with E-state index in [1.807, 2.05) is 0 Å². The molecule has 2 aromatic carbocycles. The van der Waals surface area contributed by atoms with Crippen LogP contribution in [-0.4, -0.2) is 42.4 Å². The van der Waals surface area contributed by atoms with Gasteiger partial charge in [-0.1, -0.05) is 23.7 Å². The second kappa shape index (κ2) is 7.91. The van der Waals surface area contributed by atoms with Gasteiger partial charge in [-0.2, -0.15) is 0 Å². The summed E-state index contributed by atoms with van der Waals surface area (Å²) < 4.78 is 13.6. The maximum absolute atomic E-state index is 13.6. The summed E-state index contributed by atoms with van der Waals surface area (Å²) in [6, 6.07) is 6.53. The van der Waals surface area contributed by atoms with Gasteiger partial charge in [0.15, 0.2) is 5.75 Å². The van der Waals surface area contributed by atoms with Gasteiger partial charge >= 0.3 is 5.97 Å². The predicted molar refractivity (Wildman–Crippen MR) is 88.7 cm³/mol. The number of carboxylic acids is 1. The van der Waals surface area contributed by atoms with Gasteiger partial charge in [-0.05, 0) is 30.8 Å². The largest absolute Gasteiger partial charge is 0.480 e. The van der Waals surface area contributed by atoms with E-state index in [2.05, 4.69) is 4.89 Å². The highest BCUT2D eigenvalue weighted by Gasteiger charge is 2.29. The van der Waals surface area contributed by atoms with Crippen molar-refractivity contribution in [2.45, 2.75) is 12.6 Å². The third kappa shape index (κ3) is 4.23.